The fourth-order valence-electron chi connectivity index (χ4n) is 1.70. The van der Waals surface area contributed by atoms with Crippen molar-refractivity contribution in [1.82, 2.24) is 5.32 Å². The maximum absolute atomic E-state index is 11.7. The van der Waals surface area contributed by atoms with E-state index in [0.29, 0.717) is 28.8 Å². The Kier molecular flexibility index (Phi) is 3.26. The van der Waals surface area contributed by atoms with Crippen molar-refractivity contribution >= 4 is 34.9 Å². The number of urea groups is 1. The van der Waals surface area contributed by atoms with Crippen LogP contribution in [-0.2, 0) is 0 Å². The molecule has 1 aliphatic heterocycles. The van der Waals surface area contributed by atoms with E-state index in [0.717, 1.165) is 12.0 Å². The molecule has 0 aromatic heterocycles. The van der Waals surface area contributed by atoms with Crippen LogP contribution in [-0.4, -0.2) is 19.1 Å². The Balaban J connectivity index is 2.39. The standard InChI is InChI=1S/C11H12Cl2N2O/c1-7-5-9(13)10(6-8(7)12)15-4-2-3-14-11(15)16/h5-6H,2-4H2,1H3,(H,14,16). The molecule has 2 amide bonds. The largest absolute Gasteiger partial charge is 0.338 e. The lowest BCUT2D eigenvalue weighted by molar-refractivity contribution is 0.243. The Morgan fingerprint density at radius 3 is 2.75 bits per heavy atom. The van der Waals surface area contributed by atoms with Crippen LogP contribution in [0.1, 0.15) is 12.0 Å². The molecule has 1 N–H and O–H groups in total. The van der Waals surface area contributed by atoms with Crippen LogP contribution in [0, 0.1) is 6.92 Å². The highest BCUT2D eigenvalue weighted by Gasteiger charge is 2.21. The van der Waals surface area contributed by atoms with Crippen LogP contribution in [0.25, 0.3) is 0 Å². The van der Waals surface area contributed by atoms with Crippen LogP contribution in [0.2, 0.25) is 10.0 Å². The number of carbonyl (C=O) groups is 1. The van der Waals surface area contributed by atoms with Crippen molar-refractivity contribution < 1.29 is 4.79 Å². The van der Waals surface area contributed by atoms with E-state index in [1.807, 2.05) is 6.92 Å². The molecule has 0 unspecified atom stereocenters. The van der Waals surface area contributed by atoms with Gasteiger partial charge in [-0.15, -0.1) is 0 Å². The SMILES string of the molecule is Cc1cc(Cl)c(N2CCCNC2=O)cc1Cl. The highest BCUT2D eigenvalue weighted by atomic mass is 35.5. The molecule has 0 radical (unpaired) electrons. The first-order valence-corrected chi connectivity index (χ1v) is 5.86. The number of halogens is 2. The summed E-state index contributed by atoms with van der Waals surface area (Å²) in [5.74, 6) is 0. The van der Waals surface area contributed by atoms with Crippen molar-refractivity contribution in [2.24, 2.45) is 0 Å². The lowest BCUT2D eigenvalue weighted by atomic mass is 10.2. The van der Waals surface area contributed by atoms with E-state index >= 15 is 0 Å². The summed E-state index contributed by atoms with van der Waals surface area (Å²) in [7, 11) is 0. The maximum atomic E-state index is 11.7. The molecule has 0 saturated carbocycles. The van der Waals surface area contributed by atoms with Gasteiger partial charge < -0.3 is 5.32 Å². The zero-order valence-corrected chi connectivity index (χ0v) is 10.4. The number of hydrogen-bond acceptors (Lipinski definition) is 1. The molecule has 0 aliphatic carbocycles. The molecule has 0 bridgehead atoms. The molecule has 1 aliphatic rings. The molecule has 86 valence electrons. The number of anilines is 1. The van der Waals surface area contributed by atoms with Gasteiger partial charge in [0, 0.05) is 18.1 Å². The van der Waals surface area contributed by atoms with Gasteiger partial charge in [-0.2, -0.15) is 0 Å². The summed E-state index contributed by atoms with van der Waals surface area (Å²) in [4.78, 5) is 13.3. The number of nitrogens with one attached hydrogen (secondary N) is 1. The molecule has 5 heteroatoms. The van der Waals surface area contributed by atoms with E-state index in [2.05, 4.69) is 5.32 Å². The number of amides is 2. The van der Waals surface area contributed by atoms with E-state index < -0.39 is 0 Å². The summed E-state index contributed by atoms with van der Waals surface area (Å²) in [6.45, 7) is 3.27. The van der Waals surface area contributed by atoms with Gasteiger partial charge in [0.25, 0.3) is 0 Å². The maximum Gasteiger partial charge on any atom is 0.321 e. The van der Waals surface area contributed by atoms with Crippen molar-refractivity contribution in [3.63, 3.8) is 0 Å². The molecule has 2 rings (SSSR count). The van der Waals surface area contributed by atoms with Crippen molar-refractivity contribution in [1.29, 1.82) is 0 Å². The highest BCUT2D eigenvalue weighted by Crippen LogP contribution is 2.32. The van der Waals surface area contributed by atoms with Crippen molar-refractivity contribution in [3.05, 3.63) is 27.7 Å². The molecular weight excluding hydrogens is 247 g/mol. The third-order valence-corrected chi connectivity index (χ3v) is 3.31. The van der Waals surface area contributed by atoms with E-state index in [9.17, 15) is 4.79 Å². The minimum absolute atomic E-state index is 0.118. The van der Waals surface area contributed by atoms with Crippen molar-refractivity contribution in [2.75, 3.05) is 18.0 Å². The molecule has 0 atom stereocenters. The van der Waals surface area contributed by atoms with E-state index in [1.165, 1.54) is 0 Å². The van der Waals surface area contributed by atoms with Gasteiger partial charge in [0.1, 0.15) is 0 Å². The summed E-state index contributed by atoms with van der Waals surface area (Å²) < 4.78 is 0. The number of carbonyl (C=O) groups excluding carboxylic acids is 1. The first kappa shape index (κ1) is 11.6. The van der Waals surface area contributed by atoms with Crippen LogP contribution >= 0.6 is 23.2 Å². The summed E-state index contributed by atoms with van der Waals surface area (Å²) in [5, 5.41) is 3.95. The minimum Gasteiger partial charge on any atom is -0.338 e. The number of benzene rings is 1. The normalized spacial score (nSPS) is 16.2. The average Bonchev–Trinajstić information content (AvgIpc) is 2.25. The van der Waals surface area contributed by atoms with E-state index in [1.54, 1.807) is 17.0 Å². The van der Waals surface area contributed by atoms with Gasteiger partial charge in [-0.25, -0.2) is 4.79 Å². The van der Waals surface area contributed by atoms with Gasteiger partial charge in [-0.3, -0.25) is 4.90 Å². The van der Waals surface area contributed by atoms with Gasteiger partial charge in [0.05, 0.1) is 10.7 Å². The second kappa shape index (κ2) is 4.52. The molecule has 1 heterocycles. The minimum atomic E-state index is -0.118. The van der Waals surface area contributed by atoms with Crippen LogP contribution in [0.5, 0.6) is 0 Å². The third kappa shape index (κ3) is 2.11. The van der Waals surface area contributed by atoms with Gasteiger partial charge in [0.15, 0.2) is 0 Å². The molecule has 16 heavy (non-hydrogen) atoms. The van der Waals surface area contributed by atoms with Crippen LogP contribution in [0.3, 0.4) is 0 Å². The second-order valence-electron chi connectivity index (χ2n) is 3.79. The van der Waals surface area contributed by atoms with E-state index in [4.69, 9.17) is 23.2 Å². The van der Waals surface area contributed by atoms with Gasteiger partial charge >= 0.3 is 6.03 Å². The predicted octanol–water partition coefficient (Wildman–Crippen LogP) is 3.22. The smallest absolute Gasteiger partial charge is 0.321 e. The zero-order valence-electron chi connectivity index (χ0n) is 8.89. The molecule has 0 spiro atoms. The Bertz CT molecular complexity index is 434. The van der Waals surface area contributed by atoms with Crippen LogP contribution in [0.15, 0.2) is 12.1 Å². The Morgan fingerprint density at radius 2 is 2.06 bits per heavy atom. The Hall–Kier alpha value is -0.930. The van der Waals surface area contributed by atoms with Gasteiger partial charge in [-0.05, 0) is 31.0 Å². The first-order chi connectivity index (χ1) is 7.59. The third-order valence-electron chi connectivity index (χ3n) is 2.60. The number of aryl methyl sites for hydroxylation is 1. The molecule has 3 nitrogen and oxygen atoms in total. The van der Waals surface area contributed by atoms with Gasteiger partial charge in [0.2, 0.25) is 0 Å². The topological polar surface area (TPSA) is 32.3 Å². The summed E-state index contributed by atoms with van der Waals surface area (Å²) in [5.41, 5.74) is 1.59. The summed E-state index contributed by atoms with van der Waals surface area (Å²) >= 11 is 12.2. The fraction of sp³-hybridized carbons (Fsp3) is 0.364. The van der Waals surface area contributed by atoms with Crippen molar-refractivity contribution in [3.8, 4) is 0 Å². The molecule has 1 aromatic carbocycles. The van der Waals surface area contributed by atoms with Crippen LogP contribution in [0.4, 0.5) is 10.5 Å². The molecule has 1 saturated heterocycles. The zero-order chi connectivity index (χ0) is 11.7. The van der Waals surface area contributed by atoms with E-state index in [-0.39, 0.29) is 6.03 Å². The van der Waals surface area contributed by atoms with Crippen LogP contribution < -0.4 is 10.2 Å². The summed E-state index contributed by atoms with van der Waals surface area (Å²) in [6.07, 6.45) is 0.910. The fourth-order valence-corrected chi connectivity index (χ4v) is 2.18. The number of rotatable bonds is 1. The average molecular weight is 259 g/mol. The van der Waals surface area contributed by atoms with Crippen molar-refractivity contribution in [2.45, 2.75) is 13.3 Å². The summed E-state index contributed by atoms with van der Waals surface area (Å²) in [6, 6.07) is 3.40. The number of hydrogen-bond donors (Lipinski definition) is 1. The second-order valence-corrected chi connectivity index (χ2v) is 4.60. The Labute approximate surface area is 104 Å². The molecule has 1 fully saturated rings. The van der Waals surface area contributed by atoms with Gasteiger partial charge in [-0.1, -0.05) is 23.2 Å². The quantitative estimate of drug-likeness (QED) is 0.825. The highest BCUT2D eigenvalue weighted by molar-refractivity contribution is 6.36. The monoisotopic (exact) mass is 258 g/mol. The first-order valence-electron chi connectivity index (χ1n) is 5.10. The Morgan fingerprint density at radius 1 is 1.31 bits per heavy atom. The molecule has 1 aromatic rings. The number of nitrogens with zero attached hydrogens (tertiary/aromatic N) is 1. The molecular formula is C11H12Cl2N2O. The predicted molar refractivity (Wildman–Crippen MR) is 66.6 cm³/mol. The lowest BCUT2D eigenvalue weighted by Gasteiger charge is -2.28. The lowest BCUT2D eigenvalue weighted by Crippen LogP contribution is -2.46.